The third-order valence-corrected chi connectivity index (χ3v) is 4.69. The van der Waals surface area contributed by atoms with Gasteiger partial charge in [0, 0.05) is 6.04 Å². The fourth-order valence-electron chi connectivity index (χ4n) is 3.38. The summed E-state index contributed by atoms with van der Waals surface area (Å²) in [6, 6.07) is 0.490. The Kier molecular flexibility index (Phi) is 1.26. The molecular formula is C10H19N. The largest absolute Gasteiger partial charge is 0.327 e. The lowest BCUT2D eigenvalue weighted by atomic mass is 9.71. The lowest BCUT2D eigenvalue weighted by Crippen LogP contribution is -2.29. The normalized spacial score (nSPS) is 53.5. The van der Waals surface area contributed by atoms with E-state index < -0.39 is 0 Å². The Labute approximate surface area is 69.4 Å². The molecule has 2 aliphatic carbocycles. The summed E-state index contributed by atoms with van der Waals surface area (Å²) in [5.41, 5.74) is 7.14. The van der Waals surface area contributed by atoms with Gasteiger partial charge in [-0.15, -0.1) is 0 Å². The average molecular weight is 153 g/mol. The molecule has 0 heterocycles. The Bertz CT molecular complexity index is 183. The minimum Gasteiger partial charge on any atom is -0.327 e. The standard InChI is InChI=1S/C10H19N/c1-9(2)7-4-5-10(9,3)6-8(7)11/h7-8H,4-6,11H2,1-3H3/t7-,8+,10-/m1/s1. The molecule has 0 saturated heterocycles. The topological polar surface area (TPSA) is 26.0 Å². The van der Waals surface area contributed by atoms with Crippen LogP contribution in [0.1, 0.15) is 40.0 Å². The molecule has 0 aliphatic heterocycles. The first-order valence-corrected chi connectivity index (χ1v) is 4.73. The average Bonchev–Trinajstić information content (AvgIpc) is 2.13. The van der Waals surface area contributed by atoms with Crippen LogP contribution in [0.5, 0.6) is 0 Å². The minimum atomic E-state index is 0.490. The maximum atomic E-state index is 6.08. The van der Waals surface area contributed by atoms with Crippen LogP contribution in [0.15, 0.2) is 0 Å². The van der Waals surface area contributed by atoms with Gasteiger partial charge in [-0.2, -0.15) is 0 Å². The molecule has 2 bridgehead atoms. The van der Waals surface area contributed by atoms with Gasteiger partial charge in [0.25, 0.3) is 0 Å². The van der Waals surface area contributed by atoms with Crippen molar-refractivity contribution in [3.05, 3.63) is 0 Å². The second kappa shape index (κ2) is 1.82. The molecule has 0 spiro atoms. The molecular weight excluding hydrogens is 134 g/mol. The van der Waals surface area contributed by atoms with Crippen LogP contribution >= 0.6 is 0 Å². The van der Waals surface area contributed by atoms with Crippen LogP contribution in [0.4, 0.5) is 0 Å². The molecule has 2 saturated carbocycles. The summed E-state index contributed by atoms with van der Waals surface area (Å²) >= 11 is 0. The first-order valence-electron chi connectivity index (χ1n) is 4.73. The first-order chi connectivity index (χ1) is 4.97. The maximum absolute atomic E-state index is 6.08. The van der Waals surface area contributed by atoms with Gasteiger partial charge >= 0.3 is 0 Å². The zero-order chi connectivity index (χ0) is 8.28. The molecule has 64 valence electrons. The van der Waals surface area contributed by atoms with Gasteiger partial charge in [-0.25, -0.2) is 0 Å². The van der Waals surface area contributed by atoms with Gasteiger partial charge in [-0.1, -0.05) is 20.8 Å². The first kappa shape index (κ1) is 7.60. The summed E-state index contributed by atoms with van der Waals surface area (Å²) in [5, 5.41) is 0. The second-order valence-electron chi connectivity index (χ2n) is 5.30. The van der Waals surface area contributed by atoms with E-state index in [1.807, 2.05) is 0 Å². The highest BCUT2D eigenvalue weighted by Crippen LogP contribution is 2.64. The lowest BCUT2D eigenvalue weighted by molar-refractivity contribution is 0.152. The number of nitrogens with two attached hydrogens (primary N) is 1. The van der Waals surface area contributed by atoms with Crippen molar-refractivity contribution in [1.29, 1.82) is 0 Å². The van der Waals surface area contributed by atoms with E-state index in [0.717, 1.165) is 5.92 Å². The Morgan fingerprint density at radius 3 is 2.09 bits per heavy atom. The summed E-state index contributed by atoms with van der Waals surface area (Å²) in [6.45, 7) is 7.22. The third kappa shape index (κ3) is 0.703. The summed E-state index contributed by atoms with van der Waals surface area (Å²) in [4.78, 5) is 0. The zero-order valence-electron chi connectivity index (χ0n) is 7.85. The molecule has 0 radical (unpaired) electrons. The van der Waals surface area contributed by atoms with Crippen molar-refractivity contribution in [2.45, 2.75) is 46.1 Å². The Balaban J connectivity index is 2.37. The van der Waals surface area contributed by atoms with Gasteiger partial charge in [0.1, 0.15) is 0 Å². The highest BCUT2D eigenvalue weighted by atomic mass is 14.8. The third-order valence-electron chi connectivity index (χ3n) is 4.69. The monoisotopic (exact) mass is 153 g/mol. The molecule has 0 unspecified atom stereocenters. The molecule has 0 aromatic carbocycles. The predicted octanol–water partition coefficient (Wildman–Crippen LogP) is 2.16. The summed E-state index contributed by atoms with van der Waals surface area (Å²) in [7, 11) is 0. The van der Waals surface area contributed by atoms with E-state index >= 15 is 0 Å². The van der Waals surface area contributed by atoms with Crippen LogP contribution in [0.25, 0.3) is 0 Å². The van der Waals surface area contributed by atoms with Gasteiger partial charge in [-0.05, 0) is 36.0 Å². The molecule has 2 N–H and O–H groups in total. The van der Waals surface area contributed by atoms with E-state index in [9.17, 15) is 0 Å². The van der Waals surface area contributed by atoms with E-state index in [1.165, 1.54) is 19.3 Å². The predicted molar refractivity (Wildman–Crippen MR) is 47.2 cm³/mol. The number of hydrogen-bond acceptors (Lipinski definition) is 1. The van der Waals surface area contributed by atoms with Gasteiger partial charge in [0.2, 0.25) is 0 Å². The van der Waals surface area contributed by atoms with Crippen molar-refractivity contribution < 1.29 is 0 Å². The summed E-state index contributed by atoms with van der Waals surface area (Å²) in [5.74, 6) is 0.799. The number of hydrogen-bond donors (Lipinski definition) is 1. The fraction of sp³-hybridized carbons (Fsp3) is 1.00. The highest BCUT2D eigenvalue weighted by molar-refractivity contribution is 5.10. The zero-order valence-corrected chi connectivity index (χ0v) is 7.85. The van der Waals surface area contributed by atoms with E-state index in [-0.39, 0.29) is 0 Å². The van der Waals surface area contributed by atoms with Crippen LogP contribution in [0.3, 0.4) is 0 Å². The van der Waals surface area contributed by atoms with Gasteiger partial charge < -0.3 is 5.73 Å². The van der Waals surface area contributed by atoms with Gasteiger partial charge in [0.05, 0.1) is 0 Å². The molecule has 2 fully saturated rings. The molecule has 2 aliphatic rings. The molecule has 0 amide bonds. The Hall–Kier alpha value is -0.0400. The van der Waals surface area contributed by atoms with Gasteiger partial charge in [0.15, 0.2) is 0 Å². The van der Waals surface area contributed by atoms with Crippen LogP contribution in [0.2, 0.25) is 0 Å². The summed E-state index contributed by atoms with van der Waals surface area (Å²) < 4.78 is 0. The number of rotatable bonds is 0. The second-order valence-corrected chi connectivity index (χ2v) is 5.30. The quantitative estimate of drug-likeness (QED) is 0.567. The molecule has 1 nitrogen and oxygen atoms in total. The van der Waals surface area contributed by atoms with Gasteiger partial charge in [-0.3, -0.25) is 0 Å². The van der Waals surface area contributed by atoms with E-state index in [4.69, 9.17) is 5.73 Å². The smallest absolute Gasteiger partial charge is 0.00778 e. The lowest BCUT2D eigenvalue weighted by Gasteiger charge is -2.33. The maximum Gasteiger partial charge on any atom is 0.00778 e. The molecule has 3 atom stereocenters. The van der Waals surface area contributed by atoms with Crippen molar-refractivity contribution in [3.8, 4) is 0 Å². The Morgan fingerprint density at radius 2 is 1.91 bits per heavy atom. The number of fused-ring (bicyclic) bond motifs is 2. The fourth-order valence-corrected chi connectivity index (χ4v) is 3.38. The van der Waals surface area contributed by atoms with Crippen LogP contribution in [-0.2, 0) is 0 Å². The highest BCUT2D eigenvalue weighted by Gasteiger charge is 2.59. The van der Waals surface area contributed by atoms with Crippen molar-refractivity contribution in [3.63, 3.8) is 0 Å². The molecule has 0 aromatic heterocycles. The molecule has 11 heavy (non-hydrogen) atoms. The van der Waals surface area contributed by atoms with Crippen molar-refractivity contribution >= 4 is 0 Å². The Morgan fingerprint density at radius 1 is 1.27 bits per heavy atom. The van der Waals surface area contributed by atoms with Crippen molar-refractivity contribution in [1.82, 2.24) is 0 Å². The molecule has 0 aromatic rings. The van der Waals surface area contributed by atoms with Crippen LogP contribution < -0.4 is 5.73 Å². The van der Waals surface area contributed by atoms with Crippen LogP contribution in [0, 0.1) is 16.7 Å². The van der Waals surface area contributed by atoms with Crippen molar-refractivity contribution in [2.75, 3.05) is 0 Å². The minimum absolute atomic E-state index is 0.490. The SMILES string of the molecule is CC1(C)[C@@H]2CC[C@]1(C)C[C@@H]2N. The molecule has 2 rings (SSSR count). The summed E-state index contributed by atoms with van der Waals surface area (Å²) in [6.07, 6.45) is 4.02. The van der Waals surface area contributed by atoms with E-state index in [0.29, 0.717) is 16.9 Å². The van der Waals surface area contributed by atoms with Crippen molar-refractivity contribution in [2.24, 2.45) is 22.5 Å². The van der Waals surface area contributed by atoms with E-state index in [1.54, 1.807) is 0 Å². The van der Waals surface area contributed by atoms with Crippen LogP contribution in [-0.4, -0.2) is 6.04 Å². The van der Waals surface area contributed by atoms with E-state index in [2.05, 4.69) is 20.8 Å². The molecule has 1 heteroatoms.